The molecule has 1 saturated carbocycles. The number of nitrogens with zero attached hydrogens (tertiary/aromatic N) is 5. The number of fused-ring (bicyclic) bond motifs is 1. The zero-order valence-corrected chi connectivity index (χ0v) is 15.3. The monoisotopic (exact) mass is 344 g/mol. The zero-order chi connectivity index (χ0) is 17.7. The number of anilines is 1. The summed E-state index contributed by atoms with van der Waals surface area (Å²) < 4.78 is 1.75. The number of hydrogen-bond donors (Lipinski definition) is 3. The van der Waals surface area contributed by atoms with Crippen molar-refractivity contribution in [3.63, 3.8) is 0 Å². The molecule has 1 fully saturated rings. The Hall–Kier alpha value is -2.38. The van der Waals surface area contributed by atoms with Gasteiger partial charge >= 0.3 is 0 Å². The molecular weight excluding hydrogens is 316 g/mol. The van der Waals surface area contributed by atoms with E-state index < -0.39 is 0 Å². The van der Waals surface area contributed by atoms with Crippen LogP contribution in [0.2, 0.25) is 0 Å². The minimum atomic E-state index is 0.475. The number of hydrogen-bond acceptors (Lipinski definition) is 5. The molecule has 1 aliphatic carbocycles. The van der Waals surface area contributed by atoms with Gasteiger partial charge in [-0.1, -0.05) is 13.3 Å². The summed E-state index contributed by atoms with van der Waals surface area (Å²) in [6.45, 7) is 4.77. The molecule has 136 valence electrons. The zero-order valence-electron chi connectivity index (χ0n) is 15.3. The second-order valence-corrected chi connectivity index (χ2v) is 6.71. The Bertz CT molecular complexity index is 726. The molecule has 8 heteroatoms. The quantitative estimate of drug-likeness (QED) is 0.401. The Morgan fingerprint density at radius 2 is 2.12 bits per heavy atom. The molecule has 0 spiro atoms. The molecule has 3 rings (SSSR count). The number of nitrogens with one attached hydrogen (secondary N) is 3. The first-order valence-corrected chi connectivity index (χ1v) is 8.98. The van der Waals surface area contributed by atoms with Crippen molar-refractivity contribution in [2.75, 3.05) is 32.0 Å². The summed E-state index contributed by atoms with van der Waals surface area (Å²) >= 11 is 0. The van der Waals surface area contributed by atoms with Crippen molar-refractivity contribution in [1.82, 2.24) is 30.4 Å². The maximum Gasteiger partial charge on any atom is 0.191 e. The van der Waals surface area contributed by atoms with E-state index in [2.05, 4.69) is 42.9 Å². The molecule has 0 aliphatic heterocycles. The number of aryl methyl sites for hydroxylation is 1. The highest BCUT2D eigenvalue weighted by molar-refractivity contribution is 5.86. The highest BCUT2D eigenvalue weighted by Gasteiger charge is 2.34. The maximum absolute atomic E-state index is 4.31. The van der Waals surface area contributed by atoms with Crippen molar-refractivity contribution >= 4 is 22.8 Å². The molecule has 2 aromatic heterocycles. The lowest BCUT2D eigenvalue weighted by molar-refractivity contribution is 0.131. The van der Waals surface area contributed by atoms with Crippen LogP contribution in [0.1, 0.15) is 32.6 Å². The third-order valence-electron chi connectivity index (χ3n) is 5.26. The molecule has 0 saturated heterocycles. The first kappa shape index (κ1) is 17.4. The van der Waals surface area contributed by atoms with Gasteiger partial charge in [0.2, 0.25) is 0 Å². The molecule has 1 aliphatic rings. The molecular formula is C17H28N8. The maximum atomic E-state index is 4.31. The van der Waals surface area contributed by atoms with E-state index in [-0.39, 0.29) is 0 Å². The van der Waals surface area contributed by atoms with Crippen LogP contribution < -0.4 is 16.0 Å². The van der Waals surface area contributed by atoms with Gasteiger partial charge in [0, 0.05) is 33.7 Å². The highest BCUT2D eigenvalue weighted by atomic mass is 15.3. The molecule has 25 heavy (non-hydrogen) atoms. The predicted octanol–water partition coefficient (Wildman–Crippen LogP) is 1.52. The van der Waals surface area contributed by atoms with Gasteiger partial charge in [0.05, 0.1) is 11.6 Å². The Morgan fingerprint density at radius 1 is 1.28 bits per heavy atom. The minimum Gasteiger partial charge on any atom is -0.368 e. The van der Waals surface area contributed by atoms with E-state index in [0.717, 1.165) is 42.4 Å². The fourth-order valence-corrected chi connectivity index (χ4v) is 3.29. The fraction of sp³-hybridized carbons (Fsp3) is 0.647. The van der Waals surface area contributed by atoms with Crippen LogP contribution in [-0.4, -0.2) is 52.4 Å². The Kier molecular flexibility index (Phi) is 5.35. The van der Waals surface area contributed by atoms with E-state index in [0.29, 0.717) is 5.41 Å². The Morgan fingerprint density at radius 3 is 2.80 bits per heavy atom. The second kappa shape index (κ2) is 7.67. The third kappa shape index (κ3) is 3.83. The topological polar surface area (TPSA) is 92.1 Å². The van der Waals surface area contributed by atoms with Crippen molar-refractivity contribution in [3.8, 4) is 0 Å². The van der Waals surface area contributed by atoms with E-state index in [1.165, 1.54) is 25.7 Å². The largest absolute Gasteiger partial charge is 0.368 e. The standard InChI is InChI=1S/C17H28N8/c1-4-17(6-5-7-17)11-21-16(18-2)20-9-8-19-14-13-10-24-25(3)15(13)23-12-22-14/h10,12H,4-9,11H2,1-3H3,(H2,18,20,21)(H,19,22,23). The average molecular weight is 344 g/mol. The van der Waals surface area contributed by atoms with Gasteiger partial charge in [-0.2, -0.15) is 5.10 Å². The lowest BCUT2D eigenvalue weighted by Crippen LogP contribution is -2.47. The molecule has 0 atom stereocenters. The van der Waals surface area contributed by atoms with Crippen LogP contribution in [0.3, 0.4) is 0 Å². The van der Waals surface area contributed by atoms with Crippen LogP contribution >= 0.6 is 0 Å². The second-order valence-electron chi connectivity index (χ2n) is 6.71. The van der Waals surface area contributed by atoms with Gasteiger partial charge in [-0.25, -0.2) is 9.97 Å². The number of rotatable bonds is 7. The van der Waals surface area contributed by atoms with Gasteiger partial charge in [0.15, 0.2) is 11.6 Å². The molecule has 0 aromatic carbocycles. The summed E-state index contributed by atoms with van der Waals surface area (Å²) in [4.78, 5) is 12.9. The highest BCUT2D eigenvalue weighted by Crippen LogP contribution is 2.42. The van der Waals surface area contributed by atoms with E-state index in [9.17, 15) is 0 Å². The van der Waals surface area contributed by atoms with E-state index in [4.69, 9.17) is 0 Å². The summed E-state index contributed by atoms with van der Waals surface area (Å²) in [6, 6.07) is 0. The van der Waals surface area contributed by atoms with Crippen LogP contribution in [0.4, 0.5) is 5.82 Å². The van der Waals surface area contributed by atoms with Crippen molar-refractivity contribution in [3.05, 3.63) is 12.5 Å². The number of aliphatic imine (C=N–C) groups is 1. The average Bonchev–Trinajstić information content (AvgIpc) is 2.98. The van der Waals surface area contributed by atoms with E-state index >= 15 is 0 Å². The molecule has 3 N–H and O–H groups in total. The lowest BCUT2D eigenvalue weighted by atomic mass is 9.67. The van der Waals surface area contributed by atoms with E-state index in [1.54, 1.807) is 17.2 Å². The van der Waals surface area contributed by atoms with E-state index in [1.807, 2.05) is 14.1 Å². The molecule has 0 amide bonds. The normalized spacial score (nSPS) is 16.5. The summed E-state index contributed by atoms with van der Waals surface area (Å²) in [5.74, 6) is 1.66. The fourth-order valence-electron chi connectivity index (χ4n) is 3.29. The SMILES string of the molecule is CCC1(CNC(=NC)NCCNc2ncnc3c2cnn3C)CCC1. The summed E-state index contributed by atoms with van der Waals surface area (Å²) in [5.41, 5.74) is 1.30. The van der Waals surface area contributed by atoms with Crippen molar-refractivity contribution < 1.29 is 0 Å². The molecule has 8 nitrogen and oxygen atoms in total. The van der Waals surface area contributed by atoms with Gasteiger partial charge in [0.25, 0.3) is 0 Å². The van der Waals surface area contributed by atoms with Crippen molar-refractivity contribution in [2.45, 2.75) is 32.6 Å². The molecule has 0 radical (unpaired) electrons. The van der Waals surface area contributed by atoms with Gasteiger partial charge in [-0.15, -0.1) is 0 Å². The van der Waals surface area contributed by atoms with Gasteiger partial charge < -0.3 is 16.0 Å². The van der Waals surface area contributed by atoms with Crippen molar-refractivity contribution in [1.29, 1.82) is 0 Å². The molecule has 2 aromatic rings. The first-order valence-electron chi connectivity index (χ1n) is 8.98. The summed E-state index contributed by atoms with van der Waals surface area (Å²) in [7, 11) is 3.69. The summed E-state index contributed by atoms with van der Waals surface area (Å²) in [5, 5.41) is 15.3. The van der Waals surface area contributed by atoms with Gasteiger partial charge in [-0.3, -0.25) is 9.67 Å². The molecule has 0 bridgehead atoms. The van der Waals surface area contributed by atoms with Gasteiger partial charge in [-0.05, 0) is 24.7 Å². The predicted molar refractivity (Wildman–Crippen MR) is 101 cm³/mol. The van der Waals surface area contributed by atoms with Crippen LogP contribution in [0.5, 0.6) is 0 Å². The third-order valence-corrected chi connectivity index (χ3v) is 5.26. The number of aromatic nitrogens is 4. The van der Waals surface area contributed by atoms with Crippen LogP contribution in [0.15, 0.2) is 17.5 Å². The first-order chi connectivity index (χ1) is 12.2. The lowest BCUT2D eigenvalue weighted by Gasteiger charge is -2.41. The minimum absolute atomic E-state index is 0.475. The summed E-state index contributed by atoms with van der Waals surface area (Å²) in [6.07, 6.45) is 8.58. The van der Waals surface area contributed by atoms with Gasteiger partial charge in [0.1, 0.15) is 12.1 Å². The number of guanidine groups is 1. The Labute approximate surface area is 148 Å². The molecule has 0 unspecified atom stereocenters. The Balaban J connectivity index is 1.45. The smallest absolute Gasteiger partial charge is 0.191 e. The van der Waals surface area contributed by atoms with Crippen LogP contribution in [0.25, 0.3) is 11.0 Å². The van der Waals surface area contributed by atoms with Crippen LogP contribution in [0, 0.1) is 5.41 Å². The molecule has 2 heterocycles. The van der Waals surface area contributed by atoms with Crippen LogP contribution in [-0.2, 0) is 7.05 Å². The van der Waals surface area contributed by atoms with Crippen molar-refractivity contribution in [2.24, 2.45) is 17.5 Å².